The van der Waals surface area contributed by atoms with Crippen LogP contribution in [0.1, 0.15) is 28.4 Å². The highest BCUT2D eigenvalue weighted by Gasteiger charge is 2.42. The van der Waals surface area contributed by atoms with Crippen molar-refractivity contribution in [1.29, 1.82) is 0 Å². The van der Waals surface area contributed by atoms with Gasteiger partial charge in [-0.2, -0.15) is 13.2 Å². The molecule has 4 rings (SSSR count). The quantitative estimate of drug-likeness (QED) is 0.0710. The van der Waals surface area contributed by atoms with Crippen LogP contribution in [0.4, 0.5) is 42.1 Å². The molecule has 0 aliphatic carbocycles. The SMILES string of the molecule is CC(Sc1ccc(NC(=O)/C(=C/c2ccccc2Cl)NC(=O)c2ccccc2)cc1)C(=O)Nc1c(F)c(F)c(C(F)(F)F)c(F)c1F. The highest BCUT2D eigenvalue weighted by atomic mass is 35.5. The Bertz CT molecular complexity index is 1820. The van der Waals surface area contributed by atoms with Gasteiger partial charge in [0.25, 0.3) is 11.8 Å². The zero-order valence-electron chi connectivity index (χ0n) is 23.8. The molecule has 3 amide bonds. The Morgan fingerprint density at radius 3 is 1.94 bits per heavy atom. The molecule has 0 radical (unpaired) electrons. The highest BCUT2D eigenvalue weighted by molar-refractivity contribution is 8.00. The second-order valence-electron chi connectivity index (χ2n) is 9.63. The molecule has 15 heteroatoms. The van der Waals surface area contributed by atoms with Gasteiger partial charge in [-0.15, -0.1) is 11.8 Å². The molecule has 47 heavy (non-hydrogen) atoms. The number of rotatable bonds is 9. The van der Waals surface area contributed by atoms with Gasteiger partial charge in [0.2, 0.25) is 5.91 Å². The average Bonchev–Trinajstić information content (AvgIpc) is 3.03. The minimum absolute atomic E-state index is 0.133. The van der Waals surface area contributed by atoms with E-state index in [1.165, 1.54) is 37.3 Å². The summed E-state index contributed by atoms with van der Waals surface area (Å²) in [5.41, 5.74) is -3.59. The van der Waals surface area contributed by atoms with Crippen LogP contribution in [0.5, 0.6) is 0 Å². The number of halogens is 8. The van der Waals surface area contributed by atoms with Crippen molar-refractivity contribution in [1.82, 2.24) is 5.32 Å². The van der Waals surface area contributed by atoms with Crippen LogP contribution in [0.25, 0.3) is 6.08 Å². The van der Waals surface area contributed by atoms with E-state index in [1.807, 2.05) is 0 Å². The number of thioether (sulfide) groups is 1. The summed E-state index contributed by atoms with van der Waals surface area (Å²) in [6.45, 7) is 1.27. The van der Waals surface area contributed by atoms with Crippen LogP contribution in [0, 0.1) is 23.3 Å². The van der Waals surface area contributed by atoms with Crippen molar-refractivity contribution in [2.45, 2.75) is 23.2 Å². The Morgan fingerprint density at radius 2 is 1.36 bits per heavy atom. The maximum atomic E-state index is 14.2. The fourth-order valence-electron chi connectivity index (χ4n) is 3.98. The molecule has 244 valence electrons. The first-order valence-corrected chi connectivity index (χ1v) is 14.6. The van der Waals surface area contributed by atoms with Gasteiger partial charge in [0, 0.05) is 21.2 Å². The third-order valence-electron chi connectivity index (χ3n) is 6.32. The lowest BCUT2D eigenvalue weighted by molar-refractivity contribution is -0.143. The zero-order chi connectivity index (χ0) is 34.5. The number of alkyl halides is 3. The van der Waals surface area contributed by atoms with E-state index < -0.39 is 63.7 Å². The van der Waals surface area contributed by atoms with Gasteiger partial charge in [-0.3, -0.25) is 14.4 Å². The summed E-state index contributed by atoms with van der Waals surface area (Å²) in [7, 11) is 0. The van der Waals surface area contributed by atoms with Crippen LogP contribution in [0.2, 0.25) is 5.02 Å². The number of anilines is 2. The van der Waals surface area contributed by atoms with Crippen molar-refractivity contribution in [3.05, 3.63) is 130 Å². The third kappa shape index (κ3) is 8.51. The molecule has 0 aromatic heterocycles. The van der Waals surface area contributed by atoms with E-state index in [-0.39, 0.29) is 11.4 Å². The molecule has 1 unspecified atom stereocenters. The number of benzene rings is 4. The van der Waals surface area contributed by atoms with Gasteiger partial charge in [-0.1, -0.05) is 48.0 Å². The van der Waals surface area contributed by atoms with Crippen molar-refractivity contribution in [3.8, 4) is 0 Å². The van der Waals surface area contributed by atoms with Gasteiger partial charge in [-0.05, 0) is 61.0 Å². The Kier molecular flexibility index (Phi) is 11.0. The van der Waals surface area contributed by atoms with E-state index in [1.54, 1.807) is 59.9 Å². The largest absolute Gasteiger partial charge is 0.422 e. The van der Waals surface area contributed by atoms with Crippen molar-refractivity contribution in [3.63, 3.8) is 0 Å². The second-order valence-corrected chi connectivity index (χ2v) is 11.5. The number of carbonyl (C=O) groups is 3. The van der Waals surface area contributed by atoms with Crippen molar-refractivity contribution in [2.75, 3.05) is 10.6 Å². The van der Waals surface area contributed by atoms with E-state index in [0.29, 0.717) is 21.0 Å². The Balaban J connectivity index is 1.46. The molecule has 6 nitrogen and oxygen atoms in total. The number of hydrogen-bond donors (Lipinski definition) is 3. The molecule has 4 aromatic carbocycles. The zero-order valence-corrected chi connectivity index (χ0v) is 25.4. The number of amides is 3. The summed E-state index contributed by atoms with van der Waals surface area (Å²) in [5, 5.41) is 5.95. The van der Waals surface area contributed by atoms with Gasteiger partial charge in [0.1, 0.15) is 16.9 Å². The van der Waals surface area contributed by atoms with Crippen LogP contribution < -0.4 is 16.0 Å². The van der Waals surface area contributed by atoms with Crippen molar-refractivity contribution in [2.24, 2.45) is 0 Å². The Labute approximate surface area is 272 Å². The molecule has 0 aliphatic rings. The molecule has 0 heterocycles. The molecule has 0 spiro atoms. The first-order valence-electron chi connectivity index (χ1n) is 13.3. The monoisotopic (exact) mass is 695 g/mol. The topological polar surface area (TPSA) is 87.3 Å². The van der Waals surface area contributed by atoms with E-state index in [0.717, 1.165) is 11.8 Å². The average molecular weight is 696 g/mol. The maximum absolute atomic E-state index is 14.2. The molecular formula is C32H21ClF7N3O3S. The maximum Gasteiger partial charge on any atom is 0.422 e. The summed E-state index contributed by atoms with van der Waals surface area (Å²) in [6, 6.07) is 20.6. The first kappa shape index (κ1) is 35.0. The predicted molar refractivity (Wildman–Crippen MR) is 164 cm³/mol. The van der Waals surface area contributed by atoms with Gasteiger partial charge in [0.15, 0.2) is 23.3 Å². The van der Waals surface area contributed by atoms with Crippen LogP contribution in [0.3, 0.4) is 0 Å². The minimum Gasteiger partial charge on any atom is -0.321 e. The van der Waals surface area contributed by atoms with Gasteiger partial charge >= 0.3 is 6.18 Å². The van der Waals surface area contributed by atoms with E-state index in [4.69, 9.17) is 11.6 Å². The second kappa shape index (κ2) is 14.7. The van der Waals surface area contributed by atoms with Gasteiger partial charge < -0.3 is 16.0 Å². The highest BCUT2D eigenvalue weighted by Crippen LogP contribution is 2.39. The van der Waals surface area contributed by atoms with Crippen molar-refractivity contribution >= 4 is 58.5 Å². The van der Waals surface area contributed by atoms with E-state index >= 15 is 0 Å². The summed E-state index contributed by atoms with van der Waals surface area (Å²) in [5.74, 6) is -12.7. The lowest BCUT2D eigenvalue weighted by atomic mass is 10.1. The van der Waals surface area contributed by atoms with Gasteiger partial charge in [0.05, 0.1) is 5.25 Å². The molecule has 3 N–H and O–H groups in total. The normalized spacial score (nSPS) is 12.3. The number of hydrogen-bond acceptors (Lipinski definition) is 4. The van der Waals surface area contributed by atoms with E-state index in [2.05, 4.69) is 10.6 Å². The summed E-state index contributed by atoms with van der Waals surface area (Å²) in [4.78, 5) is 39.0. The van der Waals surface area contributed by atoms with Crippen LogP contribution in [-0.4, -0.2) is 23.0 Å². The fraction of sp³-hybridized carbons (Fsp3) is 0.0938. The van der Waals surface area contributed by atoms with Crippen LogP contribution >= 0.6 is 23.4 Å². The standard InChI is InChI=1S/C32H21ClF7N3O3S/c1-16(29(44)43-28-26(36)24(34)23(32(38,39)40)25(35)27(28)37)47-20-13-11-19(12-14-20)41-31(46)22(15-18-9-5-6-10-21(18)33)42-30(45)17-7-3-2-4-8-17/h2-16H,1H3,(H,41,46)(H,42,45)(H,43,44)/b22-15-. The molecule has 1 atom stereocenters. The van der Waals surface area contributed by atoms with E-state index in [9.17, 15) is 45.1 Å². The minimum atomic E-state index is -5.73. The molecule has 4 aromatic rings. The van der Waals surface area contributed by atoms with Crippen LogP contribution in [0.15, 0.2) is 89.5 Å². The first-order chi connectivity index (χ1) is 22.2. The Morgan fingerprint density at radius 1 is 0.787 bits per heavy atom. The lowest BCUT2D eigenvalue weighted by Crippen LogP contribution is -2.30. The molecule has 0 bridgehead atoms. The summed E-state index contributed by atoms with van der Waals surface area (Å²) >= 11 is 7.06. The molecular weight excluding hydrogens is 675 g/mol. The summed E-state index contributed by atoms with van der Waals surface area (Å²) in [6.07, 6.45) is -4.33. The smallest absolute Gasteiger partial charge is 0.321 e. The van der Waals surface area contributed by atoms with Gasteiger partial charge in [-0.25, -0.2) is 17.6 Å². The molecule has 0 saturated heterocycles. The molecule has 0 fully saturated rings. The van der Waals surface area contributed by atoms with Crippen molar-refractivity contribution < 1.29 is 45.1 Å². The molecule has 0 aliphatic heterocycles. The summed E-state index contributed by atoms with van der Waals surface area (Å²) < 4.78 is 94.8. The predicted octanol–water partition coefficient (Wildman–Crippen LogP) is 8.44. The number of carbonyl (C=O) groups excluding carboxylic acids is 3. The third-order valence-corrected chi connectivity index (χ3v) is 7.78. The Hall–Kier alpha value is -4.82. The molecule has 0 saturated carbocycles. The lowest BCUT2D eigenvalue weighted by Gasteiger charge is -2.16. The fourth-order valence-corrected chi connectivity index (χ4v) is 5.04. The number of nitrogens with one attached hydrogen (secondary N) is 3. The van der Waals surface area contributed by atoms with Crippen LogP contribution in [-0.2, 0) is 15.8 Å².